The van der Waals surface area contributed by atoms with Gasteiger partial charge in [-0.3, -0.25) is 9.69 Å². The molecule has 2 unspecified atom stereocenters. The first-order valence-electron chi connectivity index (χ1n) is 7.83. The van der Waals surface area contributed by atoms with E-state index < -0.39 is 12.0 Å². The number of carbonyl (C=O) groups is 1. The molecule has 22 heavy (non-hydrogen) atoms. The number of hydrogen-bond donors (Lipinski definition) is 1. The Hall–Kier alpha value is -1.75. The van der Waals surface area contributed by atoms with E-state index in [1.807, 2.05) is 18.2 Å². The Morgan fingerprint density at radius 1 is 1.36 bits per heavy atom. The highest BCUT2D eigenvalue weighted by atomic mass is 16.5. The molecule has 0 aromatic heterocycles. The van der Waals surface area contributed by atoms with E-state index in [1.165, 1.54) is 0 Å². The second kappa shape index (κ2) is 7.49. The molecule has 0 aliphatic carbocycles. The molecule has 1 fully saturated rings. The van der Waals surface area contributed by atoms with Gasteiger partial charge in [-0.05, 0) is 31.9 Å². The summed E-state index contributed by atoms with van der Waals surface area (Å²) in [5, 5.41) is 9.53. The molecule has 1 aromatic carbocycles. The van der Waals surface area contributed by atoms with Crippen LogP contribution in [0.3, 0.4) is 0 Å². The van der Waals surface area contributed by atoms with E-state index in [0.717, 1.165) is 31.4 Å². The molecule has 1 saturated heterocycles. The lowest BCUT2D eigenvalue weighted by Crippen LogP contribution is -2.46. The molecule has 1 aromatic rings. The van der Waals surface area contributed by atoms with Gasteiger partial charge >= 0.3 is 5.97 Å². The summed E-state index contributed by atoms with van der Waals surface area (Å²) in [6.45, 7) is 2.88. The topological polar surface area (TPSA) is 59.0 Å². The van der Waals surface area contributed by atoms with Crippen molar-refractivity contribution in [3.8, 4) is 11.5 Å². The summed E-state index contributed by atoms with van der Waals surface area (Å²) in [6, 6.07) is 5.39. The highest BCUT2D eigenvalue weighted by Gasteiger charge is 2.34. The van der Waals surface area contributed by atoms with Crippen molar-refractivity contribution < 1.29 is 19.4 Å². The van der Waals surface area contributed by atoms with Gasteiger partial charge < -0.3 is 14.6 Å². The maximum absolute atomic E-state index is 11.6. The lowest BCUT2D eigenvalue weighted by atomic mass is 9.94. The van der Waals surface area contributed by atoms with Crippen molar-refractivity contribution in [2.45, 2.75) is 44.7 Å². The van der Waals surface area contributed by atoms with Crippen LogP contribution < -0.4 is 9.47 Å². The molecule has 0 saturated carbocycles. The highest BCUT2D eigenvalue weighted by Crippen LogP contribution is 2.40. The van der Waals surface area contributed by atoms with Crippen LogP contribution in [0.15, 0.2) is 18.2 Å². The van der Waals surface area contributed by atoms with Gasteiger partial charge in [0.05, 0.1) is 14.2 Å². The Morgan fingerprint density at radius 3 is 2.73 bits per heavy atom. The van der Waals surface area contributed by atoms with Gasteiger partial charge in [0, 0.05) is 11.6 Å². The second-order valence-corrected chi connectivity index (χ2v) is 5.59. The lowest BCUT2D eigenvalue weighted by molar-refractivity contribution is -0.146. The third-order valence-electron chi connectivity index (χ3n) is 4.41. The van der Waals surface area contributed by atoms with Gasteiger partial charge in [-0.15, -0.1) is 0 Å². The van der Waals surface area contributed by atoms with E-state index in [0.29, 0.717) is 17.9 Å². The fourth-order valence-corrected chi connectivity index (χ4v) is 3.40. The predicted octanol–water partition coefficient (Wildman–Crippen LogP) is 3.09. The zero-order chi connectivity index (χ0) is 16.1. The third kappa shape index (κ3) is 3.19. The van der Waals surface area contributed by atoms with E-state index in [-0.39, 0.29) is 6.04 Å². The van der Waals surface area contributed by atoms with Crippen molar-refractivity contribution in [3.63, 3.8) is 0 Å². The molecule has 122 valence electrons. The van der Waals surface area contributed by atoms with Crippen molar-refractivity contribution in [1.82, 2.24) is 4.90 Å². The number of likely N-dealkylation sites (tertiary alicyclic amines) is 1. The smallest absolute Gasteiger partial charge is 0.320 e. The molecule has 2 atom stereocenters. The Bertz CT molecular complexity index is 517. The number of hydrogen-bond acceptors (Lipinski definition) is 4. The Morgan fingerprint density at radius 2 is 2.14 bits per heavy atom. The van der Waals surface area contributed by atoms with Crippen molar-refractivity contribution in [1.29, 1.82) is 0 Å². The molecule has 1 N–H and O–H groups in total. The molecular formula is C17H25NO4. The molecule has 2 rings (SSSR count). The summed E-state index contributed by atoms with van der Waals surface area (Å²) in [6.07, 6.45) is 3.54. The van der Waals surface area contributed by atoms with Crippen LogP contribution in [-0.2, 0) is 4.79 Å². The molecule has 1 aliphatic rings. The van der Waals surface area contributed by atoms with Gasteiger partial charge in [0.15, 0.2) is 11.5 Å². The van der Waals surface area contributed by atoms with Crippen molar-refractivity contribution in [3.05, 3.63) is 23.8 Å². The highest BCUT2D eigenvalue weighted by molar-refractivity contribution is 5.73. The largest absolute Gasteiger partial charge is 0.493 e. The third-order valence-corrected chi connectivity index (χ3v) is 4.41. The molecule has 0 radical (unpaired) electrons. The number of nitrogens with zero attached hydrogens (tertiary/aromatic N) is 1. The van der Waals surface area contributed by atoms with Crippen LogP contribution in [0.5, 0.6) is 11.5 Å². The van der Waals surface area contributed by atoms with E-state index in [9.17, 15) is 9.90 Å². The van der Waals surface area contributed by atoms with Gasteiger partial charge in [0.1, 0.15) is 6.04 Å². The van der Waals surface area contributed by atoms with E-state index >= 15 is 0 Å². The zero-order valence-electron chi connectivity index (χ0n) is 13.5. The summed E-state index contributed by atoms with van der Waals surface area (Å²) < 4.78 is 10.9. The average Bonchev–Trinajstić information content (AvgIpc) is 2.55. The maximum Gasteiger partial charge on any atom is 0.320 e. The van der Waals surface area contributed by atoms with Gasteiger partial charge in [0.2, 0.25) is 0 Å². The number of rotatable bonds is 6. The predicted molar refractivity (Wildman–Crippen MR) is 84.6 cm³/mol. The quantitative estimate of drug-likeness (QED) is 0.875. The van der Waals surface area contributed by atoms with Crippen molar-refractivity contribution in [2.24, 2.45) is 0 Å². The number of ether oxygens (including phenoxy) is 2. The monoisotopic (exact) mass is 307 g/mol. The van der Waals surface area contributed by atoms with Crippen LogP contribution in [0.4, 0.5) is 0 Å². The summed E-state index contributed by atoms with van der Waals surface area (Å²) in [5.74, 6) is 0.647. The number of methoxy groups -OCH3 is 2. The normalized spacial score (nSPS) is 20.4. The lowest BCUT2D eigenvalue weighted by Gasteiger charge is -2.39. The number of para-hydroxylation sites is 1. The minimum Gasteiger partial charge on any atom is -0.493 e. The summed E-state index contributed by atoms with van der Waals surface area (Å²) in [7, 11) is 3.24. The fourth-order valence-electron chi connectivity index (χ4n) is 3.40. The molecular weight excluding hydrogens is 282 g/mol. The first-order chi connectivity index (χ1) is 10.6. The fraction of sp³-hybridized carbons (Fsp3) is 0.588. The Balaban J connectivity index is 2.40. The molecule has 0 spiro atoms. The minimum absolute atomic E-state index is 0.0199. The van der Waals surface area contributed by atoms with E-state index in [1.54, 1.807) is 14.2 Å². The zero-order valence-corrected chi connectivity index (χ0v) is 13.5. The number of carboxylic acid groups (broad SMARTS) is 1. The maximum atomic E-state index is 11.6. The van der Waals surface area contributed by atoms with Crippen LogP contribution >= 0.6 is 0 Å². The minimum atomic E-state index is -0.736. The van der Waals surface area contributed by atoms with Gasteiger partial charge in [-0.1, -0.05) is 25.5 Å². The van der Waals surface area contributed by atoms with Gasteiger partial charge in [-0.2, -0.15) is 0 Å². The standard InChI is InChI=1S/C17H25NO4/c1-4-13(18-11-6-5-9-14(18)17(19)20)12-8-7-10-15(21-2)16(12)22-3/h7-8,10,13-14H,4-6,9,11H2,1-3H3,(H,19,20). The number of aliphatic carboxylic acids is 1. The SMILES string of the molecule is CCC(c1cccc(OC)c1OC)N1CCCCC1C(=O)O. The first-order valence-corrected chi connectivity index (χ1v) is 7.83. The molecule has 5 nitrogen and oxygen atoms in total. The van der Waals surface area contributed by atoms with Gasteiger partial charge in [0.25, 0.3) is 0 Å². The van der Waals surface area contributed by atoms with Crippen LogP contribution in [-0.4, -0.2) is 42.8 Å². The molecule has 0 amide bonds. The van der Waals surface area contributed by atoms with Crippen molar-refractivity contribution >= 4 is 5.97 Å². The van der Waals surface area contributed by atoms with Crippen LogP contribution in [0.1, 0.15) is 44.2 Å². The number of benzene rings is 1. The number of piperidine rings is 1. The molecule has 5 heteroatoms. The van der Waals surface area contributed by atoms with E-state index in [4.69, 9.17) is 9.47 Å². The van der Waals surface area contributed by atoms with Crippen LogP contribution in [0.25, 0.3) is 0 Å². The summed E-state index contributed by atoms with van der Waals surface area (Å²) in [5.41, 5.74) is 0.998. The first kappa shape index (κ1) is 16.6. The van der Waals surface area contributed by atoms with Crippen LogP contribution in [0, 0.1) is 0 Å². The van der Waals surface area contributed by atoms with E-state index in [2.05, 4.69) is 11.8 Å². The van der Waals surface area contributed by atoms with Crippen LogP contribution in [0.2, 0.25) is 0 Å². The number of carboxylic acids is 1. The van der Waals surface area contributed by atoms with Crippen molar-refractivity contribution in [2.75, 3.05) is 20.8 Å². The Labute approximate surface area is 131 Å². The summed E-state index contributed by atoms with van der Waals surface area (Å²) in [4.78, 5) is 13.7. The Kier molecular flexibility index (Phi) is 5.66. The molecule has 0 bridgehead atoms. The van der Waals surface area contributed by atoms with Gasteiger partial charge in [-0.25, -0.2) is 0 Å². The molecule has 1 heterocycles. The average molecular weight is 307 g/mol. The summed E-state index contributed by atoms with van der Waals surface area (Å²) >= 11 is 0. The molecule has 1 aliphatic heterocycles. The second-order valence-electron chi connectivity index (χ2n) is 5.59.